The predicted octanol–water partition coefficient (Wildman–Crippen LogP) is 2.80. The fraction of sp³-hybridized carbons (Fsp3) is 0.143. The van der Waals surface area contributed by atoms with E-state index in [-0.39, 0.29) is 12.1 Å². The molecule has 104 valence electrons. The van der Waals surface area contributed by atoms with E-state index in [2.05, 4.69) is 15.9 Å². The Hall–Kier alpha value is -1.95. The molecule has 0 radical (unpaired) electrons. The van der Waals surface area contributed by atoms with E-state index in [4.69, 9.17) is 5.11 Å². The van der Waals surface area contributed by atoms with Crippen LogP contribution in [-0.4, -0.2) is 15.6 Å². The minimum absolute atomic E-state index is 0.0168. The van der Waals surface area contributed by atoms with Gasteiger partial charge in [-0.25, -0.2) is 9.18 Å². The molecule has 2 rings (SSSR count). The summed E-state index contributed by atoms with van der Waals surface area (Å²) >= 11 is 3.24. The van der Waals surface area contributed by atoms with E-state index < -0.39 is 17.3 Å². The quantitative estimate of drug-likeness (QED) is 0.935. The first-order valence-electron chi connectivity index (χ1n) is 5.78. The molecule has 1 aromatic heterocycles. The second-order valence-electron chi connectivity index (χ2n) is 4.32. The Labute approximate surface area is 122 Å². The van der Waals surface area contributed by atoms with Gasteiger partial charge in [0.25, 0.3) is 5.56 Å². The summed E-state index contributed by atoms with van der Waals surface area (Å²) in [5.74, 6) is -1.74. The Morgan fingerprint density at radius 1 is 1.35 bits per heavy atom. The molecule has 0 saturated heterocycles. The molecule has 1 heterocycles. The predicted molar refractivity (Wildman–Crippen MR) is 75.6 cm³/mol. The normalized spacial score (nSPS) is 10.6. The summed E-state index contributed by atoms with van der Waals surface area (Å²) in [5.41, 5.74) is -0.0885. The van der Waals surface area contributed by atoms with Crippen LogP contribution in [-0.2, 0) is 6.54 Å². The van der Waals surface area contributed by atoms with Crippen LogP contribution in [0.1, 0.15) is 21.6 Å². The van der Waals surface area contributed by atoms with Gasteiger partial charge < -0.3 is 9.67 Å². The monoisotopic (exact) mass is 339 g/mol. The molecular formula is C14H11BrFNO3. The van der Waals surface area contributed by atoms with Gasteiger partial charge in [-0.15, -0.1) is 0 Å². The van der Waals surface area contributed by atoms with Crippen molar-refractivity contribution in [2.75, 3.05) is 0 Å². The number of carbonyl (C=O) groups is 1. The number of aromatic carboxylic acids is 1. The van der Waals surface area contributed by atoms with Gasteiger partial charge in [0, 0.05) is 15.7 Å². The average Bonchev–Trinajstić information content (AvgIpc) is 2.38. The topological polar surface area (TPSA) is 59.3 Å². The van der Waals surface area contributed by atoms with E-state index >= 15 is 0 Å². The van der Waals surface area contributed by atoms with Gasteiger partial charge in [-0.3, -0.25) is 4.79 Å². The lowest BCUT2D eigenvalue weighted by Gasteiger charge is -2.11. The molecule has 0 unspecified atom stereocenters. The smallest absolute Gasteiger partial charge is 0.341 e. The highest BCUT2D eigenvalue weighted by Gasteiger charge is 2.14. The molecule has 2 aromatic rings. The van der Waals surface area contributed by atoms with E-state index in [0.717, 1.165) is 0 Å². The highest BCUT2D eigenvalue weighted by molar-refractivity contribution is 9.10. The maximum Gasteiger partial charge on any atom is 0.341 e. The average molecular weight is 340 g/mol. The number of aryl methyl sites for hydroxylation is 1. The standard InChI is InChI=1S/C14H11BrFNO3/c1-8-2-4-11(14(19)20)13(18)17(8)7-9-6-10(15)3-5-12(9)16/h2-6H,7H2,1H3,(H,19,20). The summed E-state index contributed by atoms with van der Waals surface area (Å²) < 4.78 is 15.7. The minimum Gasteiger partial charge on any atom is -0.477 e. The van der Waals surface area contributed by atoms with Gasteiger partial charge in [-0.2, -0.15) is 0 Å². The van der Waals surface area contributed by atoms with Gasteiger partial charge in [0.1, 0.15) is 11.4 Å². The number of pyridine rings is 1. The molecule has 0 aliphatic heterocycles. The van der Waals surface area contributed by atoms with Gasteiger partial charge in [0.05, 0.1) is 6.54 Å². The van der Waals surface area contributed by atoms with Crippen molar-refractivity contribution in [3.05, 3.63) is 67.8 Å². The molecule has 20 heavy (non-hydrogen) atoms. The van der Waals surface area contributed by atoms with Crippen LogP contribution in [0.2, 0.25) is 0 Å². The SMILES string of the molecule is Cc1ccc(C(=O)O)c(=O)n1Cc1cc(Br)ccc1F. The summed E-state index contributed by atoms with van der Waals surface area (Å²) in [6.07, 6.45) is 0. The van der Waals surface area contributed by atoms with Crippen molar-refractivity contribution in [1.29, 1.82) is 0 Å². The van der Waals surface area contributed by atoms with Crippen molar-refractivity contribution in [2.24, 2.45) is 0 Å². The van der Waals surface area contributed by atoms with Crippen molar-refractivity contribution in [3.63, 3.8) is 0 Å². The fourth-order valence-electron chi connectivity index (χ4n) is 1.86. The molecule has 0 fully saturated rings. The van der Waals surface area contributed by atoms with E-state index in [0.29, 0.717) is 15.7 Å². The third kappa shape index (κ3) is 2.80. The lowest BCUT2D eigenvalue weighted by molar-refractivity contribution is 0.0694. The number of aromatic nitrogens is 1. The molecule has 4 nitrogen and oxygen atoms in total. The van der Waals surface area contributed by atoms with Crippen LogP contribution < -0.4 is 5.56 Å². The van der Waals surface area contributed by atoms with Gasteiger partial charge >= 0.3 is 5.97 Å². The van der Waals surface area contributed by atoms with E-state index in [1.807, 2.05) is 0 Å². The highest BCUT2D eigenvalue weighted by atomic mass is 79.9. The number of carboxylic acid groups (broad SMARTS) is 1. The number of nitrogens with zero attached hydrogens (tertiary/aromatic N) is 1. The Morgan fingerprint density at radius 2 is 2.05 bits per heavy atom. The largest absolute Gasteiger partial charge is 0.477 e. The maximum absolute atomic E-state index is 13.7. The zero-order valence-electron chi connectivity index (χ0n) is 10.6. The molecule has 6 heteroatoms. The third-order valence-electron chi connectivity index (χ3n) is 2.96. The van der Waals surface area contributed by atoms with Crippen molar-refractivity contribution < 1.29 is 14.3 Å². The number of benzene rings is 1. The van der Waals surface area contributed by atoms with Crippen LogP contribution in [0.5, 0.6) is 0 Å². The first-order valence-corrected chi connectivity index (χ1v) is 6.57. The molecule has 1 aromatic carbocycles. The van der Waals surface area contributed by atoms with E-state index in [1.165, 1.54) is 22.8 Å². The molecule has 0 spiro atoms. The van der Waals surface area contributed by atoms with Crippen molar-refractivity contribution in [1.82, 2.24) is 4.57 Å². The third-order valence-corrected chi connectivity index (χ3v) is 3.45. The molecule has 1 N–H and O–H groups in total. The van der Waals surface area contributed by atoms with Gasteiger partial charge in [0.15, 0.2) is 0 Å². The van der Waals surface area contributed by atoms with Gasteiger partial charge in [0.2, 0.25) is 0 Å². The molecular weight excluding hydrogens is 329 g/mol. The zero-order chi connectivity index (χ0) is 14.9. The molecule has 0 aliphatic rings. The number of rotatable bonds is 3. The zero-order valence-corrected chi connectivity index (χ0v) is 12.1. The Bertz CT molecular complexity index is 740. The van der Waals surface area contributed by atoms with Crippen molar-refractivity contribution in [3.8, 4) is 0 Å². The lowest BCUT2D eigenvalue weighted by atomic mass is 10.2. The summed E-state index contributed by atoms with van der Waals surface area (Å²) in [6.45, 7) is 1.65. The van der Waals surface area contributed by atoms with Crippen LogP contribution in [0.4, 0.5) is 4.39 Å². The van der Waals surface area contributed by atoms with E-state index in [1.54, 1.807) is 19.1 Å². The van der Waals surface area contributed by atoms with E-state index in [9.17, 15) is 14.0 Å². The summed E-state index contributed by atoms with van der Waals surface area (Å²) in [5, 5.41) is 8.95. The van der Waals surface area contributed by atoms with Gasteiger partial charge in [-0.05, 0) is 37.3 Å². The molecule has 0 bridgehead atoms. The number of halogens is 2. The summed E-state index contributed by atoms with van der Waals surface area (Å²) in [6, 6.07) is 7.20. The van der Waals surface area contributed by atoms with Crippen LogP contribution >= 0.6 is 15.9 Å². The van der Waals surface area contributed by atoms with Crippen LogP contribution in [0, 0.1) is 12.7 Å². The maximum atomic E-state index is 13.7. The number of hydrogen-bond donors (Lipinski definition) is 1. The van der Waals surface area contributed by atoms with Gasteiger partial charge in [-0.1, -0.05) is 15.9 Å². The van der Waals surface area contributed by atoms with Crippen molar-refractivity contribution in [2.45, 2.75) is 13.5 Å². The second kappa shape index (κ2) is 5.58. The first-order chi connectivity index (χ1) is 9.40. The highest BCUT2D eigenvalue weighted by Crippen LogP contribution is 2.16. The van der Waals surface area contributed by atoms with Crippen LogP contribution in [0.15, 0.2) is 39.6 Å². The molecule has 0 amide bonds. The van der Waals surface area contributed by atoms with Crippen LogP contribution in [0.3, 0.4) is 0 Å². The number of carboxylic acids is 1. The Balaban J connectivity index is 2.53. The lowest BCUT2D eigenvalue weighted by Crippen LogP contribution is -2.28. The van der Waals surface area contributed by atoms with Crippen molar-refractivity contribution >= 4 is 21.9 Å². The Morgan fingerprint density at radius 3 is 2.70 bits per heavy atom. The first kappa shape index (κ1) is 14.5. The molecule has 0 saturated carbocycles. The second-order valence-corrected chi connectivity index (χ2v) is 5.24. The minimum atomic E-state index is -1.29. The molecule has 0 atom stereocenters. The summed E-state index contributed by atoms with van der Waals surface area (Å²) in [7, 11) is 0. The fourth-order valence-corrected chi connectivity index (χ4v) is 2.27. The van der Waals surface area contributed by atoms with Crippen LogP contribution in [0.25, 0.3) is 0 Å². The Kier molecular flexibility index (Phi) is 4.04. The summed E-state index contributed by atoms with van der Waals surface area (Å²) in [4.78, 5) is 23.0. The number of hydrogen-bond acceptors (Lipinski definition) is 2. The molecule has 0 aliphatic carbocycles.